The van der Waals surface area contributed by atoms with Crippen LogP contribution in [0.15, 0.2) is 41.1 Å². The standard InChI is InChI=1S/C18H16F2N4O2/c19-13-5-3-11(4-6-13)18(25)24-7-1-2-12(10-24)16-22-17(26-23-16)15-8-14(20)9-21-15/h3-6,8-9,12,21H,1-2,7,10H2. The number of likely N-dealkylation sites (tertiary alicyclic amines) is 1. The van der Waals surface area contributed by atoms with E-state index < -0.39 is 5.82 Å². The Hall–Kier alpha value is -3.03. The van der Waals surface area contributed by atoms with Gasteiger partial charge in [0.05, 0.1) is 0 Å². The van der Waals surface area contributed by atoms with Crippen LogP contribution in [0.2, 0.25) is 0 Å². The van der Waals surface area contributed by atoms with Gasteiger partial charge in [0, 0.05) is 36.8 Å². The second kappa shape index (κ2) is 6.70. The van der Waals surface area contributed by atoms with E-state index >= 15 is 0 Å². The number of aromatic amines is 1. The maximum absolute atomic E-state index is 13.1. The van der Waals surface area contributed by atoms with Crippen molar-refractivity contribution < 1.29 is 18.1 Å². The van der Waals surface area contributed by atoms with Crippen LogP contribution < -0.4 is 0 Å². The van der Waals surface area contributed by atoms with E-state index in [1.54, 1.807) is 4.90 Å². The number of halogens is 2. The molecular weight excluding hydrogens is 342 g/mol. The van der Waals surface area contributed by atoms with Gasteiger partial charge in [0.25, 0.3) is 11.8 Å². The van der Waals surface area contributed by atoms with Gasteiger partial charge in [0.1, 0.15) is 17.3 Å². The predicted octanol–water partition coefficient (Wildman–Crippen LogP) is 3.36. The number of aromatic nitrogens is 3. The van der Waals surface area contributed by atoms with Gasteiger partial charge in [-0.25, -0.2) is 8.78 Å². The van der Waals surface area contributed by atoms with Crippen molar-refractivity contribution in [2.75, 3.05) is 13.1 Å². The quantitative estimate of drug-likeness (QED) is 0.779. The minimum atomic E-state index is -0.409. The second-order valence-corrected chi connectivity index (χ2v) is 6.29. The van der Waals surface area contributed by atoms with Crippen molar-refractivity contribution in [1.29, 1.82) is 0 Å². The molecule has 1 amide bonds. The Balaban J connectivity index is 1.49. The molecule has 0 spiro atoms. The molecule has 1 aliphatic rings. The van der Waals surface area contributed by atoms with Crippen LogP contribution in [0.25, 0.3) is 11.6 Å². The molecule has 2 aromatic heterocycles. The fraction of sp³-hybridized carbons (Fsp3) is 0.278. The monoisotopic (exact) mass is 358 g/mol. The fourth-order valence-corrected chi connectivity index (χ4v) is 3.15. The number of carbonyl (C=O) groups is 1. The summed E-state index contributed by atoms with van der Waals surface area (Å²) in [6.07, 6.45) is 2.84. The Morgan fingerprint density at radius 3 is 2.77 bits per heavy atom. The average molecular weight is 358 g/mol. The Bertz CT molecular complexity index is 919. The average Bonchev–Trinajstić information content (AvgIpc) is 3.31. The molecule has 8 heteroatoms. The molecule has 1 atom stereocenters. The number of amides is 1. The molecule has 4 rings (SSSR count). The smallest absolute Gasteiger partial charge is 0.274 e. The topological polar surface area (TPSA) is 75.0 Å². The van der Waals surface area contributed by atoms with E-state index in [9.17, 15) is 13.6 Å². The van der Waals surface area contributed by atoms with Crippen LogP contribution in [0.1, 0.15) is 34.9 Å². The zero-order valence-electron chi connectivity index (χ0n) is 13.8. The highest BCUT2D eigenvalue weighted by atomic mass is 19.1. The van der Waals surface area contributed by atoms with Crippen LogP contribution in [0.3, 0.4) is 0 Å². The molecule has 1 saturated heterocycles. The minimum absolute atomic E-state index is 0.0644. The van der Waals surface area contributed by atoms with Crippen LogP contribution >= 0.6 is 0 Å². The first-order valence-corrected chi connectivity index (χ1v) is 8.33. The molecule has 1 fully saturated rings. The van der Waals surface area contributed by atoms with E-state index in [2.05, 4.69) is 15.1 Å². The van der Waals surface area contributed by atoms with Gasteiger partial charge in [-0.15, -0.1) is 0 Å². The highest BCUT2D eigenvalue weighted by molar-refractivity contribution is 5.94. The third-order valence-corrected chi connectivity index (χ3v) is 4.48. The number of piperidine rings is 1. The van der Waals surface area contributed by atoms with E-state index in [0.717, 1.165) is 12.8 Å². The normalized spacial score (nSPS) is 17.5. The zero-order chi connectivity index (χ0) is 18.1. The molecule has 26 heavy (non-hydrogen) atoms. The van der Waals surface area contributed by atoms with Crippen LogP contribution in [-0.2, 0) is 0 Å². The first-order valence-electron chi connectivity index (χ1n) is 8.33. The SMILES string of the molecule is O=C(c1ccc(F)cc1)N1CCCC(c2noc(-c3cc(F)c[nH]3)n2)C1. The number of carbonyl (C=O) groups excluding carboxylic acids is 1. The molecule has 134 valence electrons. The Labute approximate surface area is 147 Å². The summed E-state index contributed by atoms with van der Waals surface area (Å²) in [4.78, 5) is 21.4. The lowest BCUT2D eigenvalue weighted by Gasteiger charge is -2.31. The van der Waals surface area contributed by atoms with Crippen LogP contribution in [-0.4, -0.2) is 39.0 Å². The van der Waals surface area contributed by atoms with Gasteiger partial charge in [0.15, 0.2) is 5.82 Å². The van der Waals surface area contributed by atoms with Crippen LogP contribution in [0.5, 0.6) is 0 Å². The molecule has 1 aromatic carbocycles. The maximum Gasteiger partial charge on any atom is 0.274 e. The minimum Gasteiger partial charge on any atom is -0.355 e. The fourth-order valence-electron chi connectivity index (χ4n) is 3.15. The van der Waals surface area contributed by atoms with Gasteiger partial charge in [0.2, 0.25) is 0 Å². The van der Waals surface area contributed by atoms with Gasteiger partial charge >= 0.3 is 0 Å². The summed E-state index contributed by atoms with van der Waals surface area (Å²) in [5, 5.41) is 3.99. The predicted molar refractivity (Wildman–Crippen MR) is 88.3 cm³/mol. The summed E-state index contributed by atoms with van der Waals surface area (Å²) in [6.45, 7) is 1.08. The van der Waals surface area contributed by atoms with Gasteiger partial charge in [-0.2, -0.15) is 4.98 Å². The third-order valence-electron chi connectivity index (χ3n) is 4.48. The molecule has 1 aliphatic heterocycles. The molecule has 3 heterocycles. The lowest BCUT2D eigenvalue weighted by atomic mass is 9.96. The van der Waals surface area contributed by atoms with Crippen molar-refractivity contribution in [3.05, 3.63) is 59.6 Å². The first kappa shape index (κ1) is 16.4. The summed E-state index contributed by atoms with van der Waals surface area (Å²) in [6, 6.07) is 6.79. The number of H-pyrrole nitrogens is 1. The molecule has 1 N–H and O–H groups in total. The van der Waals surface area contributed by atoms with E-state index in [1.807, 2.05) is 0 Å². The number of nitrogens with one attached hydrogen (secondary N) is 1. The van der Waals surface area contributed by atoms with E-state index in [4.69, 9.17) is 4.52 Å². The number of nitrogens with zero attached hydrogens (tertiary/aromatic N) is 3. The highest BCUT2D eigenvalue weighted by Crippen LogP contribution is 2.27. The van der Waals surface area contributed by atoms with Gasteiger partial charge in [-0.3, -0.25) is 4.79 Å². The summed E-state index contributed by atoms with van der Waals surface area (Å²) in [7, 11) is 0. The molecule has 0 bridgehead atoms. The van der Waals surface area contributed by atoms with Gasteiger partial charge in [-0.05, 0) is 37.1 Å². The summed E-state index contributed by atoms with van der Waals surface area (Å²) >= 11 is 0. The summed E-state index contributed by atoms with van der Waals surface area (Å²) < 4.78 is 31.4. The Kier molecular flexibility index (Phi) is 4.24. The van der Waals surface area contributed by atoms with E-state index in [-0.39, 0.29) is 23.5 Å². The third kappa shape index (κ3) is 3.22. The van der Waals surface area contributed by atoms with Crippen LogP contribution in [0, 0.1) is 11.6 Å². The maximum atomic E-state index is 13.1. The van der Waals surface area contributed by atoms with Gasteiger partial charge < -0.3 is 14.4 Å². The molecule has 0 saturated carbocycles. The van der Waals surface area contributed by atoms with Crippen molar-refractivity contribution in [1.82, 2.24) is 20.0 Å². The molecule has 3 aromatic rings. The Morgan fingerprint density at radius 1 is 1.23 bits per heavy atom. The van der Waals surface area contributed by atoms with Crippen molar-refractivity contribution >= 4 is 5.91 Å². The lowest BCUT2D eigenvalue weighted by molar-refractivity contribution is 0.0703. The van der Waals surface area contributed by atoms with Crippen LogP contribution in [0.4, 0.5) is 8.78 Å². The second-order valence-electron chi connectivity index (χ2n) is 6.29. The van der Waals surface area contributed by atoms with Crippen molar-refractivity contribution in [3.63, 3.8) is 0 Å². The van der Waals surface area contributed by atoms with Crippen molar-refractivity contribution in [2.45, 2.75) is 18.8 Å². The Morgan fingerprint density at radius 2 is 2.04 bits per heavy atom. The molecule has 0 aliphatic carbocycles. The number of benzene rings is 1. The molecule has 1 unspecified atom stereocenters. The van der Waals surface area contributed by atoms with E-state index in [1.165, 1.54) is 36.5 Å². The van der Waals surface area contributed by atoms with Gasteiger partial charge in [-0.1, -0.05) is 5.16 Å². The summed E-state index contributed by atoms with van der Waals surface area (Å²) in [5.41, 5.74) is 0.860. The van der Waals surface area contributed by atoms with Crippen molar-refractivity contribution in [3.8, 4) is 11.6 Å². The van der Waals surface area contributed by atoms with Crippen molar-refractivity contribution in [2.24, 2.45) is 0 Å². The summed E-state index contributed by atoms with van der Waals surface area (Å²) in [5.74, 6) is -0.292. The lowest BCUT2D eigenvalue weighted by Crippen LogP contribution is -2.39. The molecule has 6 nitrogen and oxygen atoms in total. The largest absolute Gasteiger partial charge is 0.355 e. The van der Waals surface area contributed by atoms with E-state index in [0.29, 0.717) is 30.2 Å². The first-order chi connectivity index (χ1) is 12.6. The number of hydrogen-bond donors (Lipinski definition) is 1. The zero-order valence-corrected chi connectivity index (χ0v) is 13.8. The number of hydrogen-bond acceptors (Lipinski definition) is 4. The highest BCUT2D eigenvalue weighted by Gasteiger charge is 2.29. The molecule has 0 radical (unpaired) electrons. The molecular formula is C18H16F2N4O2. The number of rotatable bonds is 3.